The molecule has 4 nitrogen and oxygen atoms in total. The monoisotopic (exact) mass is 357 g/mol. The highest BCUT2D eigenvalue weighted by Gasteiger charge is 2.10. The predicted octanol–water partition coefficient (Wildman–Crippen LogP) is 2.45. The van der Waals surface area contributed by atoms with Crippen LogP contribution in [0, 0.1) is 0 Å². The lowest BCUT2D eigenvalue weighted by Crippen LogP contribution is -2.36. The Morgan fingerprint density at radius 2 is 2.35 bits per heavy atom. The summed E-state index contributed by atoms with van der Waals surface area (Å²) in [6.45, 7) is 3.62. The molecule has 0 bridgehead atoms. The molecule has 1 heterocycles. The third-order valence-electron chi connectivity index (χ3n) is 2.88. The number of hydrogen-bond donors (Lipinski definition) is 1. The summed E-state index contributed by atoms with van der Waals surface area (Å²) in [4.78, 5) is 6.55. The van der Waals surface area contributed by atoms with E-state index in [0.29, 0.717) is 0 Å². The van der Waals surface area contributed by atoms with Crippen LogP contribution in [-0.2, 0) is 0 Å². The maximum atomic E-state index is 5.68. The van der Waals surface area contributed by atoms with Crippen LogP contribution in [0.3, 0.4) is 0 Å². The highest BCUT2D eigenvalue weighted by atomic mass is 79.9. The Hall–Kier alpha value is -0.880. The van der Waals surface area contributed by atoms with E-state index in [9.17, 15) is 0 Å². The third kappa shape index (κ3) is 5.25. The summed E-state index contributed by atoms with van der Waals surface area (Å²) >= 11 is 5.32. The summed E-state index contributed by atoms with van der Waals surface area (Å²) in [5, 5.41) is 3.36. The molecule has 0 saturated carbocycles. The normalized spacial score (nSPS) is 14.3. The maximum Gasteiger partial charge on any atom is 0.193 e. The van der Waals surface area contributed by atoms with Crippen LogP contribution in [0.4, 0.5) is 0 Å². The van der Waals surface area contributed by atoms with E-state index in [1.165, 1.54) is 0 Å². The van der Waals surface area contributed by atoms with E-state index < -0.39 is 0 Å². The Bertz CT molecular complexity index is 456. The Morgan fingerprint density at radius 3 is 3.10 bits per heavy atom. The zero-order valence-electron chi connectivity index (χ0n) is 11.6. The Labute approximate surface area is 133 Å². The number of halogens is 1. The van der Waals surface area contributed by atoms with Crippen LogP contribution in [-0.4, -0.2) is 55.7 Å². The lowest BCUT2D eigenvalue weighted by Gasteiger charge is -2.14. The van der Waals surface area contributed by atoms with Crippen molar-refractivity contribution in [3.8, 4) is 5.75 Å². The van der Waals surface area contributed by atoms with Crippen molar-refractivity contribution in [1.82, 2.24) is 10.2 Å². The Morgan fingerprint density at radius 1 is 1.45 bits per heavy atom. The molecule has 0 unspecified atom stereocenters. The highest BCUT2D eigenvalue weighted by molar-refractivity contribution is 9.10. The molecule has 0 radical (unpaired) electrons. The van der Waals surface area contributed by atoms with E-state index in [-0.39, 0.29) is 0 Å². The number of ether oxygens (including phenoxy) is 1. The molecule has 0 fully saturated rings. The average molecular weight is 358 g/mol. The van der Waals surface area contributed by atoms with Gasteiger partial charge in [0.2, 0.25) is 0 Å². The second-order valence-corrected chi connectivity index (χ2v) is 6.61. The quantitative estimate of drug-likeness (QED) is 0.760. The summed E-state index contributed by atoms with van der Waals surface area (Å²) in [6, 6.07) is 7.94. The van der Waals surface area contributed by atoms with Gasteiger partial charge in [-0.25, -0.2) is 0 Å². The van der Waals surface area contributed by atoms with Crippen LogP contribution >= 0.6 is 27.7 Å². The molecule has 1 aromatic rings. The topological polar surface area (TPSA) is 36.9 Å². The van der Waals surface area contributed by atoms with Crippen molar-refractivity contribution in [1.29, 1.82) is 0 Å². The van der Waals surface area contributed by atoms with Gasteiger partial charge in [-0.1, -0.05) is 22.0 Å². The molecule has 0 aliphatic carbocycles. The molecule has 0 atom stereocenters. The molecule has 1 N–H and O–H groups in total. The van der Waals surface area contributed by atoms with Crippen molar-refractivity contribution in [2.24, 2.45) is 4.99 Å². The first-order valence-corrected chi connectivity index (χ1v) is 8.66. The minimum Gasteiger partial charge on any atom is -0.493 e. The van der Waals surface area contributed by atoms with Crippen molar-refractivity contribution in [3.63, 3.8) is 0 Å². The van der Waals surface area contributed by atoms with Gasteiger partial charge in [0, 0.05) is 36.1 Å². The van der Waals surface area contributed by atoms with E-state index in [1.807, 2.05) is 36.0 Å². The van der Waals surface area contributed by atoms with Gasteiger partial charge in [-0.15, -0.1) is 0 Å². The maximum absolute atomic E-state index is 5.68. The summed E-state index contributed by atoms with van der Waals surface area (Å²) in [5.74, 6) is 4.00. The number of likely N-dealkylation sites (N-methyl/N-ethyl adjacent to an activating group) is 1. The first-order chi connectivity index (χ1) is 9.75. The molecule has 0 amide bonds. The second-order valence-electron chi connectivity index (χ2n) is 4.47. The highest BCUT2D eigenvalue weighted by Crippen LogP contribution is 2.17. The van der Waals surface area contributed by atoms with E-state index in [1.54, 1.807) is 0 Å². The van der Waals surface area contributed by atoms with E-state index in [4.69, 9.17) is 4.74 Å². The molecule has 1 aliphatic rings. The van der Waals surface area contributed by atoms with Crippen molar-refractivity contribution in [3.05, 3.63) is 28.7 Å². The standard InChI is InChI=1S/C14H20BrN3OS/c1-18-7-5-16-14(18)17-6-9-20-10-8-19-13-4-2-3-12(15)11-13/h2-4,11H,5-10H2,1H3,(H,16,17). The van der Waals surface area contributed by atoms with Gasteiger partial charge in [0.25, 0.3) is 0 Å². The van der Waals surface area contributed by atoms with Gasteiger partial charge in [0.05, 0.1) is 13.2 Å². The second kappa shape index (κ2) is 8.42. The average Bonchev–Trinajstić information content (AvgIpc) is 2.83. The zero-order valence-corrected chi connectivity index (χ0v) is 14.0. The molecule has 0 spiro atoms. The van der Waals surface area contributed by atoms with Crippen LogP contribution < -0.4 is 10.1 Å². The lowest BCUT2D eigenvalue weighted by atomic mass is 10.3. The van der Waals surface area contributed by atoms with Crippen molar-refractivity contribution in [2.75, 3.05) is 44.8 Å². The van der Waals surface area contributed by atoms with Gasteiger partial charge in [-0.3, -0.25) is 4.99 Å². The fourth-order valence-electron chi connectivity index (χ4n) is 1.84. The fourth-order valence-corrected chi connectivity index (χ4v) is 2.87. The molecule has 110 valence electrons. The van der Waals surface area contributed by atoms with Gasteiger partial charge in [-0.2, -0.15) is 11.8 Å². The summed E-state index contributed by atoms with van der Waals surface area (Å²) < 4.78 is 6.73. The van der Waals surface area contributed by atoms with Crippen LogP contribution in [0.1, 0.15) is 0 Å². The first-order valence-electron chi connectivity index (χ1n) is 6.71. The number of nitrogens with zero attached hydrogens (tertiary/aromatic N) is 2. The minimum absolute atomic E-state index is 0.738. The van der Waals surface area contributed by atoms with Crippen molar-refractivity contribution >= 4 is 33.7 Å². The van der Waals surface area contributed by atoms with E-state index in [0.717, 1.165) is 53.9 Å². The predicted molar refractivity (Wildman–Crippen MR) is 89.9 cm³/mol. The summed E-state index contributed by atoms with van der Waals surface area (Å²) in [7, 11) is 2.07. The van der Waals surface area contributed by atoms with Gasteiger partial charge in [0.15, 0.2) is 5.96 Å². The third-order valence-corrected chi connectivity index (χ3v) is 4.32. The molecule has 0 saturated heterocycles. The molecule has 6 heteroatoms. The van der Waals surface area contributed by atoms with Crippen LogP contribution in [0.2, 0.25) is 0 Å². The molecular formula is C14H20BrN3OS. The molecule has 1 aliphatic heterocycles. The van der Waals surface area contributed by atoms with Crippen LogP contribution in [0.25, 0.3) is 0 Å². The number of benzene rings is 1. The SMILES string of the molecule is CN1CCN=C1NCCSCCOc1cccc(Br)c1. The van der Waals surface area contributed by atoms with Gasteiger partial charge in [0.1, 0.15) is 5.75 Å². The molecule has 2 rings (SSSR count). The summed E-state index contributed by atoms with van der Waals surface area (Å²) in [6.07, 6.45) is 0. The number of guanidine groups is 1. The smallest absolute Gasteiger partial charge is 0.193 e. The largest absolute Gasteiger partial charge is 0.493 e. The minimum atomic E-state index is 0.738. The first kappa shape index (κ1) is 15.5. The molecule has 1 aromatic carbocycles. The number of nitrogens with one attached hydrogen (secondary N) is 1. The Balaban J connectivity index is 1.50. The summed E-state index contributed by atoms with van der Waals surface area (Å²) in [5.41, 5.74) is 0. The molecule has 20 heavy (non-hydrogen) atoms. The fraction of sp³-hybridized carbons (Fsp3) is 0.500. The van der Waals surface area contributed by atoms with Gasteiger partial charge < -0.3 is 15.0 Å². The number of rotatable bonds is 7. The van der Waals surface area contributed by atoms with E-state index >= 15 is 0 Å². The number of hydrogen-bond acceptors (Lipinski definition) is 5. The number of aliphatic imine (C=N–C) groups is 1. The number of thioether (sulfide) groups is 1. The zero-order chi connectivity index (χ0) is 14.2. The van der Waals surface area contributed by atoms with Crippen LogP contribution in [0.5, 0.6) is 5.75 Å². The van der Waals surface area contributed by atoms with Gasteiger partial charge >= 0.3 is 0 Å². The van der Waals surface area contributed by atoms with Crippen molar-refractivity contribution < 1.29 is 4.74 Å². The van der Waals surface area contributed by atoms with E-state index in [2.05, 4.69) is 38.2 Å². The Kier molecular flexibility index (Phi) is 6.53. The van der Waals surface area contributed by atoms with Crippen molar-refractivity contribution in [2.45, 2.75) is 0 Å². The van der Waals surface area contributed by atoms with Crippen LogP contribution in [0.15, 0.2) is 33.7 Å². The molecule has 0 aromatic heterocycles. The molecular weight excluding hydrogens is 338 g/mol. The lowest BCUT2D eigenvalue weighted by molar-refractivity contribution is 0.344. The van der Waals surface area contributed by atoms with Gasteiger partial charge in [-0.05, 0) is 18.2 Å².